The van der Waals surface area contributed by atoms with Crippen molar-refractivity contribution < 1.29 is 56.3 Å². The molecule has 3 heterocycles. The maximum atomic E-state index is 12.2. The van der Waals surface area contributed by atoms with E-state index in [4.69, 9.17) is 0 Å². The Bertz CT molecular complexity index is 4130. The molecule has 80 heavy (non-hydrogen) atoms. The first kappa shape index (κ1) is 58.7. The Labute approximate surface area is 451 Å². The van der Waals surface area contributed by atoms with E-state index in [0.717, 1.165) is 17.2 Å². The van der Waals surface area contributed by atoms with Crippen LogP contribution in [-0.4, -0.2) is 75.7 Å². The summed E-state index contributed by atoms with van der Waals surface area (Å²) in [6, 6.07) is 36.2. The van der Waals surface area contributed by atoms with Crippen molar-refractivity contribution in [3.05, 3.63) is 220 Å². The number of H-pyrrole nitrogens is 3. The average Bonchev–Trinajstić information content (AvgIpc) is 3.46. The highest BCUT2D eigenvalue weighted by Crippen LogP contribution is 2.27. The molecular formula is C52H46N10O16S2. The summed E-state index contributed by atoms with van der Waals surface area (Å²) in [4.78, 5) is 106. The number of hydrazine groups is 3. The van der Waals surface area contributed by atoms with Gasteiger partial charge in [-0.25, -0.2) is 16.8 Å². The molecule has 0 bridgehead atoms. The van der Waals surface area contributed by atoms with Gasteiger partial charge in [0.25, 0.3) is 66.0 Å². The van der Waals surface area contributed by atoms with Crippen LogP contribution in [0.5, 0.6) is 17.2 Å². The number of benzene rings is 6. The minimum atomic E-state index is -4.02. The second-order valence-electron chi connectivity index (χ2n) is 16.6. The molecule has 28 heteroatoms. The summed E-state index contributed by atoms with van der Waals surface area (Å²) < 4.78 is 48.7. The molecule has 3 aromatic heterocycles. The smallest absolute Gasteiger partial charge is 0.282 e. The number of pyridine rings is 3. The van der Waals surface area contributed by atoms with Crippen LogP contribution in [0.4, 0.5) is 5.69 Å². The van der Waals surface area contributed by atoms with Gasteiger partial charge in [0.1, 0.15) is 39.5 Å². The minimum absolute atomic E-state index is 0. The number of aromatic hydroxyl groups is 3. The highest BCUT2D eigenvalue weighted by molar-refractivity contribution is 7.89. The lowest BCUT2D eigenvalue weighted by Crippen LogP contribution is -2.43. The van der Waals surface area contributed by atoms with E-state index < -0.39 is 105 Å². The van der Waals surface area contributed by atoms with Crippen molar-refractivity contribution in [3.63, 3.8) is 0 Å². The largest absolute Gasteiger partial charge is 0.506 e. The lowest BCUT2D eigenvalue weighted by atomic mass is 10.1. The molecule has 6 aromatic carbocycles. The van der Waals surface area contributed by atoms with E-state index in [1.165, 1.54) is 60.7 Å². The van der Waals surface area contributed by atoms with Crippen LogP contribution in [0, 0.1) is 24.0 Å². The fourth-order valence-corrected chi connectivity index (χ4v) is 8.96. The van der Waals surface area contributed by atoms with Crippen LogP contribution < -0.4 is 48.0 Å². The number of nitrogens with one attached hydrogen (secondary N) is 9. The van der Waals surface area contributed by atoms with Crippen molar-refractivity contribution in [1.29, 1.82) is 0 Å². The number of carbonyl (C=O) groups excluding carboxylic acids is 4. The molecular weight excluding hydrogens is 1080 g/mol. The van der Waals surface area contributed by atoms with E-state index >= 15 is 0 Å². The van der Waals surface area contributed by atoms with E-state index in [0.29, 0.717) is 16.6 Å². The zero-order valence-electron chi connectivity index (χ0n) is 40.8. The third-order valence-electron chi connectivity index (χ3n) is 11.3. The number of carbonyl (C=O) groups is 4. The van der Waals surface area contributed by atoms with E-state index in [1.807, 2.05) is 31.4 Å². The van der Waals surface area contributed by atoms with Crippen molar-refractivity contribution in [3.8, 4) is 17.2 Å². The van der Waals surface area contributed by atoms with Crippen molar-refractivity contribution in [2.45, 2.75) is 31.1 Å². The van der Waals surface area contributed by atoms with Crippen molar-refractivity contribution in [2.24, 2.45) is 0 Å². The number of hydrogen-bond donors (Lipinski definition) is 12. The van der Waals surface area contributed by atoms with Gasteiger partial charge in [-0.3, -0.25) is 65.4 Å². The average molecular weight is 1130 g/mol. The molecule has 0 fully saturated rings. The molecule has 0 aliphatic rings. The Morgan fingerprint density at radius 3 is 1.10 bits per heavy atom. The maximum absolute atomic E-state index is 12.2. The molecule has 0 aliphatic carbocycles. The molecule has 0 unspecified atom stereocenters. The van der Waals surface area contributed by atoms with Crippen LogP contribution in [0.15, 0.2) is 170 Å². The van der Waals surface area contributed by atoms with Crippen LogP contribution in [0.25, 0.3) is 32.7 Å². The topological polar surface area (TPSA) is 411 Å². The third-order valence-corrected chi connectivity index (χ3v) is 13.8. The summed E-state index contributed by atoms with van der Waals surface area (Å²) in [5, 5.41) is 42.4. The second kappa shape index (κ2) is 24.6. The molecule has 0 atom stereocenters. The fourth-order valence-electron chi connectivity index (χ4n) is 7.28. The van der Waals surface area contributed by atoms with Gasteiger partial charge < -0.3 is 30.3 Å². The Hall–Kier alpha value is -10.6. The van der Waals surface area contributed by atoms with Crippen LogP contribution in [0.2, 0.25) is 0 Å². The molecule has 0 saturated heterocycles. The third kappa shape index (κ3) is 13.2. The minimum Gasteiger partial charge on any atom is -0.506 e. The van der Waals surface area contributed by atoms with Crippen LogP contribution >= 0.6 is 0 Å². The molecule has 9 rings (SSSR count). The number of amides is 4. The molecule has 26 nitrogen and oxygen atoms in total. The van der Waals surface area contributed by atoms with Gasteiger partial charge in [0.15, 0.2) is 0 Å². The van der Waals surface area contributed by atoms with Crippen LogP contribution in [0.1, 0.15) is 60.0 Å². The lowest BCUT2D eigenvalue weighted by molar-refractivity contribution is -0.385. The molecule has 0 radical (unpaired) electrons. The summed E-state index contributed by atoms with van der Waals surface area (Å²) >= 11 is 0. The molecule has 12 N–H and O–H groups in total. The van der Waals surface area contributed by atoms with E-state index in [2.05, 4.69) is 15.0 Å². The number of nitro benzene ring substituents is 1. The van der Waals surface area contributed by atoms with Gasteiger partial charge in [-0.1, -0.05) is 91.3 Å². The first-order valence-electron chi connectivity index (χ1n) is 22.6. The van der Waals surface area contributed by atoms with Gasteiger partial charge in [-0.2, -0.15) is 0 Å². The number of nitrogens with zero attached hydrogens (tertiary/aromatic N) is 1. The van der Waals surface area contributed by atoms with Crippen molar-refractivity contribution in [2.75, 3.05) is 0 Å². The number of aromatic nitrogens is 3. The number of nitro groups is 1. The van der Waals surface area contributed by atoms with Crippen LogP contribution in [-0.2, 0) is 20.0 Å². The van der Waals surface area contributed by atoms with Gasteiger partial charge in [0, 0.05) is 22.2 Å². The Morgan fingerprint density at radius 2 is 0.750 bits per heavy atom. The number of rotatable bonds is 11. The highest BCUT2D eigenvalue weighted by atomic mass is 32.2. The number of aromatic amines is 3. The van der Waals surface area contributed by atoms with Gasteiger partial charge in [0.2, 0.25) is 0 Å². The summed E-state index contributed by atoms with van der Waals surface area (Å²) in [5.41, 5.74) is 5.59. The fraction of sp³-hybridized carbons (Fsp3) is 0.0577. The standard InChI is InChI=1S/C17H12N4O6.2C17H15N3O5S.CH4/c22-14-9-5-1-3-7-11(9)18-16(24)13(14)17(25)20-19-15(23)10-6-2-4-8-12(10)21(26)27;2*1-10-6-8-11(9-7-10)26(24,25)20-19-17(23)14-15(21)12-4-2-3-5-13(12)18-16(14)22;/h1-8H,(H,19,23)(H,20,25)(H2,18,22,24);2*2-9,20H,1H3,(H,19,23)(H2,18,21,22);1H4. The van der Waals surface area contributed by atoms with Gasteiger partial charge in [-0.05, 0) is 80.6 Å². The summed E-state index contributed by atoms with van der Waals surface area (Å²) in [6.07, 6.45) is 0. The zero-order valence-corrected chi connectivity index (χ0v) is 42.4. The molecule has 4 amide bonds. The first-order chi connectivity index (χ1) is 37.5. The number of fused-ring (bicyclic) bond motifs is 3. The number of sulfonamides is 2. The normalized spacial score (nSPS) is 10.9. The first-order valence-corrected chi connectivity index (χ1v) is 25.6. The zero-order chi connectivity index (χ0) is 57.3. The van der Waals surface area contributed by atoms with Crippen molar-refractivity contribution >= 4 is 82.1 Å². The van der Waals surface area contributed by atoms with Gasteiger partial charge >= 0.3 is 0 Å². The quantitative estimate of drug-likeness (QED) is 0.0638. The highest BCUT2D eigenvalue weighted by Gasteiger charge is 2.25. The summed E-state index contributed by atoms with van der Waals surface area (Å²) in [6.45, 7) is 3.61. The Balaban J connectivity index is 0.000000192. The SMILES string of the molecule is C.Cc1ccc(S(=O)(=O)NNC(=O)c2c(O)c3ccccc3[nH]c2=O)cc1.Cc1ccc(S(=O)(=O)NNC(=O)c2c(O)c3ccccc3[nH]c2=O)cc1.O=C(NNC(=O)c1c(O)c2ccccc2[nH]c1=O)c1ccccc1[N+](=O)[O-]. The van der Waals surface area contributed by atoms with E-state index in [9.17, 15) is 75.8 Å². The Morgan fingerprint density at radius 1 is 0.450 bits per heavy atom. The Kier molecular flexibility index (Phi) is 18.1. The maximum Gasteiger partial charge on any atom is 0.282 e. The predicted octanol–water partition coefficient (Wildman–Crippen LogP) is 4.18. The molecule has 0 spiro atoms. The molecule has 0 aliphatic heterocycles. The van der Waals surface area contributed by atoms with E-state index in [-0.39, 0.29) is 38.9 Å². The molecule has 412 valence electrons. The lowest BCUT2D eigenvalue weighted by Gasteiger charge is -2.10. The number of para-hydroxylation sites is 4. The number of hydrogen-bond acceptors (Lipinski definition) is 16. The van der Waals surface area contributed by atoms with Crippen LogP contribution in [0.3, 0.4) is 0 Å². The predicted molar refractivity (Wildman–Crippen MR) is 291 cm³/mol. The van der Waals surface area contributed by atoms with E-state index in [1.54, 1.807) is 92.7 Å². The number of aryl methyl sites for hydroxylation is 2. The van der Waals surface area contributed by atoms with Crippen molar-refractivity contribution in [1.82, 2.24) is 46.3 Å². The second-order valence-corrected chi connectivity index (χ2v) is 20.0. The molecule has 0 saturated carbocycles. The monoisotopic (exact) mass is 1130 g/mol. The summed E-state index contributed by atoms with van der Waals surface area (Å²) in [5.74, 6) is -5.80. The molecule has 9 aromatic rings. The summed E-state index contributed by atoms with van der Waals surface area (Å²) in [7, 11) is -8.05. The van der Waals surface area contributed by atoms with Gasteiger partial charge in [-0.15, -0.1) is 9.66 Å². The van der Waals surface area contributed by atoms with Gasteiger partial charge in [0.05, 0.1) is 31.3 Å².